The van der Waals surface area contributed by atoms with Crippen LogP contribution in [-0.2, 0) is 11.3 Å². The van der Waals surface area contributed by atoms with Gasteiger partial charge in [-0.3, -0.25) is 19.8 Å². The summed E-state index contributed by atoms with van der Waals surface area (Å²) in [5, 5.41) is 13.8. The summed E-state index contributed by atoms with van der Waals surface area (Å²) in [5.74, 6) is -0.231. The first-order chi connectivity index (χ1) is 9.56. The third-order valence-electron chi connectivity index (χ3n) is 3.37. The maximum Gasteiger partial charge on any atom is 0.433 e. The van der Waals surface area contributed by atoms with Crippen LogP contribution in [0.4, 0.5) is 5.88 Å². The van der Waals surface area contributed by atoms with E-state index in [0.29, 0.717) is 12.3 Å². The lowest BCUT2D eigenvalue weighted by Gasteiger charge is -2.33. The molecule has 110 valence electrons. The van der Waals surface area contributed by atoms with E-state index >= 15 is 0 Å². The van der Waals surface area contributed by atoms with Crippen molar-refractivity contribution in [1.29, 1.82) is 0 Å². The molecule has 1 aliphatic heterocycles. The first-order valence-corrected chi connectivity index (χ1v) is 6.52. The molecule has 3 N–H and O–H groups in total. The van der Waals surface area contributed by atoms with E-state index < -0.39 is 10.8 Å². The van der Waals surface area contributed by atoms with Crippen LogP contribution in [0.2, 0.25) is 0 Å². The van der Waals surface area contributed by atoms with Gasteiger partial charge in [-0.1, -0.05) is 0 Å². The zero-order valence-electron chi connectivity index (χ0n) is 11.1. The summed E-state index contributed by atoms with van der Waals surface area (Å²) in [7, 11) is 0. The molecule has 1 aromatic rings. The predicted octanol–water partition coefficient (Wildman–Crippen LogP) is 0.227. The van der Waals surface area contributed by atoms with E-state index in [2.05, 4.69) is 5.32 Å². The van der Waals surface area contributed by atoms with E-state index in [4.69, 9.17) is 10.2 Å². The second-order valence-corrected chi connectivity index (χ2v) is 4.85. The van der Waals surface area contributed by atoms with Crippen LogP contribution in [0, 0.1) is 10.1 Å². The van der Waals surface area contributed by atoms with Crippen molar-refractivity contribution in [3.05, 3.63) is 28.0 Å². The van der Waals surface area contributed by atoms with Crippen molar-refractivity contribution in [3.63, 3.8) is 0 Å². The number of hydrogen-bond donors (Lipinski definition) is 2. The van der Waals surface area contributed by atoms with Gasteiger partial charge < -0.3 is 15.5 Å². The number of rotatable bonds is 6. The average molecular weight is 282 g/mol. The molecule has 0 spiro atoms. The van der Waals surface area contributed by atoms with E-state index in [1.165, 1.54) is 6.07 Å². The van der Waals surface area contributed by atoms with Gasteiger partial charge in [0.2, 0.25) is 5.91 Å². The first kappa shape index (κ1) is 14.5. The van der Waals surface area contributed by atoms with Crippen molar-refractivity contribution < 1.29 is 14.1 Å². The Morgan fingerprint density at radius 1 is 1.50 bits per heavy atom. The molecule has 1 amide bonds. The Morgan fingerprint density at radius 2 is 2.20 bits per heavy atom. The van der Waals surface area contributed by atoms with E-state index in [0.717, 1.165) is 25.9 Å². The largest absolute Gasteiger partial charge is 0.433 e. The summed E-state index contributed by atoms with van der Waals surface area (Å²) >= 11 is 0. The average Bonchev–Trinajstić information content (AvgIpc) is 2.87. The normalized spacial score (nSPS) is 16.4. The number of nitrogens with zero attached hydrogens (tertiary/aromatic N) is 2. The molecule has 20 heavy (non-hydrogen) atoms. The smallest absolute Gasteiger partial charge is 0.404 e. The molecule has 0 bridgehead atoms. The number of carbonyl (C=O) groups excluding carboxylic acids is 1. The molecule has 1 fully saturated rings. The van der Waals surface area contributed by atoms with Gasteiger partial charge in [-0.25, -0.2) is 0 Å². The molecule has 2 rings (SSSR count). The van der Waals surface area contributed by atoms with Crippen LogP contribution >= 0.6 is 0 Å². The van der Waals surface area contributed by atoms with Gasteiger partial charge in [0.05, 0.1) is 19.2 Å². The Bertz CT molecular complexity index is 482. The summed E-state index contributed by atoms with van der Waals surface area (Å²) in [5.41, 5.74) is 5.27. The minimum Gasteiger partial charge on any atom is -0.404 e. The van der Waals surface area contributed by atoms with Gasteiger partial charge in [-0.05, 0) is 32.0 Å². The monoisotopic (exact) mass is 282 g/mol. The van der Waals surface area contributed by atoms with Crippen LogP contribution in [0.1, 0.15) is 18.6 Å². The third-order valence-corrected chi connectivity index (χ3v) is 3.37. The van der Waals surface area contributed by atoms with Gasteiger partial charge in [-0.15, -0.1) is 0 Å². The Hall–Kier alpha value is -1.93. The number of amides is 1. The molecule has 8 heteroatoms. The zero-order valence-corrected chi connectivity index (χ0v) is 11.1. The number of nitro groups is 1. The third kappa shape index (κ3) is 3.78. The van der Waals surface area contributed by atoms with Crippen molar-refractivity contribution in [2.45, 2.75) is 25.4 Å². The lowest BCUT2D eigenvalue weighted by atomic mass is 10.0. The lowest BCUT2D eigenvalue weighted by molar-refractivity contribution is -0.402. The molecular formula is C12H18N4O4. The van der Waals surface area contributed by atoms with Crippen LogP contribution < -0.4 is 11.1 Å². The Morgan fingerprint density at radius 3 is 2.75 bits per heavy atom. The Kier molecular flexibility index (Phi) is 4.70. The van der Waals surface area contributed by atoms with Gasteiger partial charge in [0.15, 0.2) is 0 Å². The predicted molar refractivity (Wildman–Crippen MR) is 70.9 cm³/mol. The standard InChI is InChI=1S/C12H18N4O4/c13-11(17)8-15(9-3-5-14-6-4-9)7-10-1-2-12(20-10)16(18)19/h1-2,9,14H,3-8H2,(H2,13,17). The summed E-state index contributed by atoms with van der Waals surface area (Å²) in [6.07, 6.45) is 1.83. The van der Waals surface area contributed by atoms with Crippen LogP contribution in [0.5, 0.6) is 0 Å². The van der Waals surface area contributed by atoms with Gasteiger partial charge in [0.1, 0.15) is 10.7 Å². The molecule has 0 aromatic carbocycles. The molecule has 2 heterocycles. The maximum absolute atomic E-state index is 11.2. The van der Waals surface area contributed by atoms with Crippen LogP contribution in [-0.4, -0.2) is 41.4 Å². The quantitative estimate of drug-likeness (QED) is 0.570. The van der Waals surface area contributed by atoms with Crippen molar-refractivity contribution in [2.24, 2.45) is 5.73 Å². The van der Waals surface area contributed by atoms with Gasteiger partial charge in [-0.2, -0.15) is 0 Å². The topological polar surface area (TPSA) is 115 Å². The summed E-state index contributed by atoms with van der Waals surface area (Å²) in [6.45, 7) is 2.25. The number of furan rings is 1. The maximum atomic E-state index is 11.2. The van der Waals surface area contributed by atoms with E-state index in [1.807, 2.05) is 4.90 Å². The SMILES string of the molecule is NC(=O)CN(Cc1ccc([N+](=O)[O-])o1)C1CCNCC1. The van der Waals surface area contributed by atoms with E-state index in [-0.39, 0.29) is 18.5 Å². The number of primary amides is 1. The molecule has 1 aromatic heterocycles. The van der Waals surface area contributed by atoms with Crippen molar-refractivity contribution in [2.75, 3.05) is 19.6 Å². The highest BCUT2D eigenvalue weighted by atomic mass is 16.6. The Labute approximate surface area is 116 Å². The summed E-state index contributed by atoms with van der Waals surface area (Å²) in [6, 6.07) is 3.11. The highest BCUT2D eigenvalue weighted by Gasteiger charge is 2.24. The number of carbonyl (C=O) groups is 1. The van der Waals surface area contributed by atoms with Crippen molar-refractivity contribution in [3.8, 4) is 0 Å². The van der Waals surface area contributed by atoms with Gasteiger partial charge in [0, 0.05) is 6.04 Å². The minimum absolute atomic E-state index is 0.124. The molecule has 1 saturated heterocycles. The molecule has 0 unspecified atom stereocenters. The van der Waals surface area contributed by atoms with Crippen molar-refractivity contribution in [1.82, 2.24) is 10.2 Å². The summed E-state index contributed by atoms with van der Waals surface area (Å²) in [4.78, 5) is 23.1. The highest BCUT2D eigenvalue weighted by molar-refractivity contribution is 5.75. The lowest BCUT2D eigenvalue weighted by Crippen LogP contribution is -2.46. The molecular weight excluding hydrogens is 264 g/mol. The van der Waals surface area contributed by atoms with E-state index in [1.54, 1.807) is 6.07 Å². The minimum atomic E-state index is -0.577. The van der Waals surface area contributed by atoms with Crippen LogP contribution in [0.15, 0.2) is 16.5 Å². The fourth-order valence-electron chi connectivity index (χ4n) is 2.44. The van der Waals surface area contributed by atoms with Gasteiger partial charge >= 0.3 is 5.88 Å². The molecule has 1 aliphatic rings. The fourth-order valence-corrected chi connectivity index (χ4v) is 2.44. The van der Waals surface area contributed by atoms with Crippen LogP contribution in [0.25, 0.3) is 0 Å². The highest BCUT2D eigenvalue weighted by Crippen LogP contribution is 2.20. The molecule has 8 nitrogen and oxygen atoms in total. The number of nitrogens with one attached hydrogen (secondary N) is 1. The molecule has 0 aliphatic carbocycles. The second-order valence-electron chi connectivity index (χ2n) is 4.85. The van der Waals surface area contributed by atoms with Crippen LogP contribution in [0.3, 0.4) is 0 Å². The first-order valence-electron chi connectivity index (χ1n) is 6.52. The Balaban J connectivity index is 2.05. The van der Waals surface area contributed by atoms with E-state index in [9.17, 15) is 14.9 Å². The molecule has 0 atom stereocenters. The number of nitrogens with two attached hydrogens (primary N) is 1. The molecule has 0 saturated carbocycles. The zero-order chi connectivity index (χ0) is 14.5. The fraction of sp³-hybridized carbons (Fsp3) is 0.583. The second kappa shape index (κ2) is 6.49. The number of piperidine rings is 1. The van der Waals surface area contributed by atoms with Gasteiger partial charge in [0.25, 0.3) is 0 Å². The summed E-state index contributed by atoms with van der Waals surface area (Å²) < 4.78 is 5.14. The molecule has 0 radical (unpaired) electrons. The number of hydrogen-bond acceptors (Lipinski definition) is 6. The van der Waals surface area contributed by atoms with Crippen molar-refractivity contribution >= 4 is 11.8 Å².